The lowest BCUT2D eigenvalue weighted by molar-refractivity contribution is -0.156. The van der Waals surface area contributed by atoms with Crippen molar-refractivity contribution in [1.82, 2.24) is 0 Å². The van der Waals surface area contributed by atoms with Gasteiger partial charge in [0, 0.05) is 0 Å². The number of carbonyl (C=O) groups excluding carboxylic acids is 2. The summed E-state index contributed by atoms with van der Waals surface area (Å²) in [5.74, 6) is -0.698. The number of benzene rings is 1. The van der Waals surface area contributed by atoms with Gasteiger partial charge in [0.25, 0.3) is 0 Å². The van der Waals surface area contributed by atoms with Crippen LogP contribution in [0.3, 0.4) is 0 Å². The van der Waals surface area contributed by atoms with Crippen LogP contribution in [0, 0.1) is 5.41 Å². The molecular weight excluding hydrogens is 276 g/mol. The summed E-state index contributed by atoms with van der Waals surface area (Å²) in [4.78, 5) is 24.2. The second kappa shape index (κ2) is 8.32. The third-order valence-electron chi connectivity index (χ3n) is 3.39. The van der Waals surface area contributed by atoms with Crippen LogP contribution in [-0.2, 0) is 20.7 Å². The number of ketones is 1. The predicted molar refractivity (Wildman–Crippen MR) is 88.5 cm³/mol. The van der Waals surface area contributed by atoms with E-state index in [9.17, 15) is 9.59 Å². The van der Waals surface area contributed by atoms with Gasteiger partial charge in [0.05, 0.1) is 6.61 Å². The lowest BCUT2D eigenvalue weighted by Crippen LogP contribution is -2.35. The normalized spacial score (nSPS) is 12.5. The van der Waals surface area contributed by atoms with Gasteiger partial charge in [-0.2, -0.15) is 0 Å². The van der Waals surface area contributed by atoms with Gasteiger partial charge < -0.3 is 4.74 Å². The first kappa shape index (κ1) is 17.9. The zero-order chi connectivity index (χ0) is 16.6. The van der Waals surface area contributed by atoms with E-state index in [-0.39, 0.29) is 12.4 Å². The molecule has 0 spiro atoms. The van der Waals surface area contributed by atoms with E-state index < -0.39 is 11.4 Å². The van der Waals surface area contributed by atoms with Crippen LogP contribution in [0.4, 0.5) is 0 Å². The Labute approximate surface area is 132 Å². The van der Waals surface area contributed by atoms with E-state index >= 15 is 0 Å². The van der Waals surface area contributed by atoms with Gasteiger partial charge in [0.2, 0.25) is 0 Å². The molecule has 0 aromatic heterocycles. The van der Waals surface area contributed by atoms with Crippen molar-refractivity contribution in [3.8, 4) is 0 Å². The molecule has 0 amide bonds. The van der Waals surface area contributed by atoms with Crippen molar-refractivity contribution in [2.24, 2.45) is 5.41 Å². The maximum atomic E-state index is 12.3. The zero-order valence-electron chi connectivity index (χ0n) is 13.8. The Morgan fingerprint density at radius 1 is 1.18 bits per heavy atom. The average molecular weight is 300 g/mol. The molecule has 0 aliphatic heterocycles. The van der Waals surface area contributed by atoms with Crippen molar-refractivity contribution in [1.29, 1.82) is 0 Å². The average Bonchev–Trinajstić information content (AvgIpc) is 2.51. The molecule has 0 saturated heterocycles. The molecule has 0 radical (unpaired) electrons. The zero-order valence-corrected chi connectivity index (χ0v) is 13.8. The molecule has 1 aromatic carbocycles. The molecule has 0 saturated carbocycles. The van der Waals surface area contributed by atoms with E-state index in [1.165, 1.54) is 5.56 Å². The summed E-state index contributed by atoms with van der Waals surface area (Å²) >= 11 is 0. The standard InChI is InChI=1S/C19H24O3/c1-5-22-18(21)19(3,4)17(20)15(2)11-9-10-14-16-12-7-6-8-13-16/h6-13H,5,14H2,1-4H3/b10-9+,15-11+. The molecule has 0 atom stereocenters. The molecule has 1 aromatic rings. The highest BCUT2D eigenvalue weighted by atomic mass is 16.5. The number of esters is 1. The molecule has 118 valence electrons. The van der Waals surface area contributed by atoms with Crippen molar-refractivity contribution in [2.75, 3.05) is 6.61 Å². The summed E-state index contributed by atoms with van der Waals surface area (Å²) in [6.07, 6.45) is 6.39. The van der Waals surface area contributed by atoms with Gasteiger partial charge in [0.1, 0.15) is 5.41 Å². The Balaban J connectivity index is 2.67. The lowest BCUT2D eigenvalue weighted by atomic mass is 9.84. The summed E-state index contributed by atoms with van der Waals surface area (Å²) < 4.78 is 4.96. The van der Waals surface area contributed by atoms with Crippen LogP contribution >= 0.6 is 0 Å². The number of hydrogen-bond acceptors (Lipinski definition) is 3. The van der Waals surface area contributed by atoms with Gasteiger partial charge in [-0.1, -0.05) is 48.6 Å². The molecule has 0 bridgehead atoms. The Hall–Kier alpha value is -2.16. The van der Waals surface area contributed by atoms with E-state index in [0.29, 0.717) is 5.57 Å². The highest BCUT2D eigenvalue weighted by molar-refractivity contribution is 6.11. The molecule has 0 aliphatic rings. The van der Waals surface area contributed by atoms with Gasteiger partial charge in [0.15, 0.2) is 5.78 Å². The minimum atomic E-state index is -1.15. The second-order valence-corrected chi connectivity index (χ2v) is 5.64. The van der Waals surface area contributed by atoms with Crippen molar-refractivity contribution in [3.05, 3.63) is 59.7 Å². The molecule has 0 unspecified atom stereocenters. The third-order valence-corrected chi connectivity index (χ3v) is 3.39. The maximum Gasteiger partial charge on any atom is 0.319 e. The minimum Gasteiger partial charge on any atom is -0.465 e. The number of rotatable bonds is 7. The highest BCUT2D eigenvalue weighted by Gasteiger charge is 2.37. The first-order valence-electron chi connectivity index (χ1n) is 7.49. The summed E-state index contributed by atoms with van der Waals surface area (Å²) in [6, 6.07) is 10.1. The molecule has 0 aliphatic carbocycles. The van der Waals surface area contributed by atoms with Crippen LogP contribution < -0.4 is 0 Å². The largest absolute Gasteiger partial charge is 0.465 e. The number of allylic oxidation sites excluding steroid dienone is 4. The topological polar surface area (TPSA) is 43.4 Å². The van der Waals surface area contributed by atoms with Crippen LogP contribution in [-0.4, -0.2) is 18.4 Å². The number of ether oxygens (including phenoxy) is 1. The second-order valence-electron chi connectivity index (χ2n) is 5.64. The number of Topliss-reactive ketones (excluding diaryl/α,β-unsaturated/α-hetero) is 1. The fourth-order valence-corrected chi connectivity index (χ4v) is 2.00. The Bertz CT molecular complexity index is 566. The quantitative estimate of drug-likeness (QED) is 0.332. The van der Waals surface area contributed by atoms with Crippen molar-refractivity contribution in [2.45, 2.75) is 34.1 Å². The Morgan fingerprint density at radius 2 is 1.82 bits per heavy atom. The molecular formula is C19H24O3. The fraction of sp³-hybridized carbons (Fsp3) is 0.368. The van der Waals surface area contributed by atoms with E-state index in [1.54, 1.807) is 33.8 Å². The van der Waals surface area contributed by atoms with Crippen LogP contribution in [0.2, 0.25) is 0 Å². The van der Waals surface area contributed by atoms with E-state index in [1.807, 2.05) is 30.4 Å². The molecule has 0 fully saturated rings. The number of hydrogen-bond donors (Lipinski definition) is 0. The predicted octanol–water partition coefficient (Wildman–Crippen LogP) is 3.89. The smallest absolute Gasteiger partial charge is 0.319 e. The van der Waals surface area contributed by atoms with Crippen molar-refractivity contribution in [3.63, 3.8) is 0 Å². The summed E-state index contributed by atoms with van der Waals surface area (Å²) in [7, 11) is 0. The minimum absolute atomic E-state index is 0.213. The summed E-state index contributed by atoms with van der Waals surface area (Å²) in [5.41, 5.74) is 0.606. The van der Waals surface area contributed by atoms with Gasteiger partial charge in [-0.15, -0.1) is 0 Å². The molecule has 0 heterocycles. The summed E-state index contributed by atoms with van der Waals surface area (Å²) in [6.45, 7) is 6.91. The molecule has 3 nitrogen and oxygen atoms in total. The van der Waals surface area contributed by atoms with E-state index in [0.717, 1.165) is 6.42 Å². The first-order chi connectivity index (χ1) is 10.4. The molecule has 1 rings (SSSR count). The number of carbonyl (C=O) groups is 2. The van der Waals surface area contributed by atoms with E-state index in [2.05, 4.69) is 12.1 Å². The van der Waals surface area contributed by atoms with Gasteiger partial charge in [-0.25, -0.2) is 0 Å². The first-order valence-corrected chi connectivity index (χ1v) is 7.49. The molecule has 22 heavy (non-hydrogen) atoms. The lowest BCUT2D eigenvalue weighted by Gasteiger charge is -2.20. The van der Waals surface area contributed by atoms with Crippen molar-refractivity contribution < 1.29 is 14.3 Å². The third kappa shape index (κ3) is 4.99. The maximum absolute atomic E-state index is 12.3. The monoisotopic (exact) mass is 300 g/mol. The molecule has 0 N–H and O–H groups in total. The SMILES string of the molecule is CCOC(=O)C(C)(C)C(=O)/C(C)=C/C=C/Cc1ccccc1. The summed E-state index contributed by atoms with van der Waals surface area (Å²) in [5, 5.41) is 0. The van der Waals surface area contributed by atoms with Crippen LogP contribution in [0.25, 0.3) is 0 Å². The fourth-order valence-electron chi connectivity index (χ4n) is 2.00. The van der Waals surface area contributed by atoms with Crippen LogP contribution in [0.5, 0.6) is 0 Å². The highest BCUT2D eigenvalue weighted by Crippen LogP contribution is 2.23. The van der Waals surface area contributed by atoms with Crippen molar-refractivity contribution >= 4 is 11.8 Å². The van der Waals surface area contributed by atoms with Gasteiger partial charge in [-0.05, 0) is 45.3 Å². The van der Waals surface area contributed by atoms with Gasteiger partial charge in [-0.3, -0.25) is 9.59 Å². The Kier molecular flexibility index (Phi) is 6.77. The van der Waals surface area contributed by atoms with Crippen LogP contribution in [0.1, 0.15) is 33.3 Å². The van der Waals surface area contributed by atoms with Gasteiger partial charge >= 0.3 is 5.97 Å². The van der Waals surface area contributed by atoms with Crippen LogP contribution in [0.15, 0.2) is 54.1 Å². The van der Waals surface area contributed by atoms with E-state index in [4.69, 9.17) is 4.74 Å². The Morgan fingerprint density at radius 3 is 2.41 bits per heavy atom. The molecule has 3 heteroatoms.